The van der Waals surface area contributed by atoms with Crippen molar-refractivity contribution in [3.63, 3.8) is 0 Å². The Morgan fingerprint density at radius 2 is 2.00 bits per heavy atom. The van der Waals surface area contributed by atoms with Crippen LogP contribution in [-0.2, 0) is 20.9 Å². The number of fused-ring (bicyclic) bond motifs is 1. The second kappa shape index (κ2) is 8.99. The first-order valence-electron chi connectivity index (χ1n) is 8.83. The lowest BCUT2D eigenvalue weighted by Crippen LogP contribution is -2.21. The molecule has 0 aliphatic rings. The summed E-state index contributed by atoms with van der Waals surface area (Å²) in [7, 11) is 0. The van der Waals surface area contributed by atoms with Crippen LogP contribution in [0.4, 0.5) is 15.8 Å². The number of carbonyl (C=O) groups excluding carboxylic acids is 2. The summed E-state index contributed by atoms with van der Waals surface area (Å²) in [5.74, 6) is -2.95. The minimum Gasteiger partial charge on any atom is -0.456 e. The quantitative estimate of drug-likeness (QED) is 0.338. The molecule has 11 heteroatoms. The van der Waals surface area contributed by atoms with Gasteiger partial charge in [-0.1, -0.05) is 12.1 Å². The zero-order chi connectivity index (χ0) is 21.7. The number of oxazole rings is 1. The van der Waals surface area contributed by atoms with Gasteiger partial charge in [0.15, 0.2) is 12.2 Å². The van der Waals surface area contributed by atoms with Crippen LogP contribution in [0.15, 0.2) is 51.7 Å². The van der Waals surface area contributed by atoms with Gasteiger partial charge in [-0.3, -0.25) is 24.3 Å². The molecule has 0 aliphatic carbocycles. The molecule has 0 unspecified atom stereocenters. The maximum absolute atomic E-state index is 13.3. The van der Waals surface area contributed by atoms with E-state index >= 15 is 0 Å². The van der Waals surface area contributed by atoms with Crippen molar-refractivity contribution in [2.24, 2.45) is 0 Å². The molecular weight excluding hydrogens is 401 g/mol. The fraction of sp³-hybridized carbons (Fsp3) is 0.211. The van der Waals surface area contributed by atoms with Crippen LogP contribution in [0.25, 0.3) is 11.1 Å². The van der Waals surface area contributed by atoms with Crippen LogP contribution in [0.1, 0.15) is 12.8 Å². The molecule has 30 heavy (non-hydrogen) atoms. The van der Waals surface area contributed by atoms with Gasteiger partial charge in [-0.05, 0) is 30.7 Å². The van der Waals surface area contributed by atoms with E-state index in [4.69, 9.17) is 9.15 Å². The highest BCUT2D eigenvalue weighted by atomic mass is 19.1. The molecule has 0 aliphatic heterocycles. The number of carbonyl (C=O) groups is 2. The number of aromatic nitrogens is 1. The number of amides is 1. The first-order valence-corrected chi connectivity index (χ1v) is 8.83. The summed E-state index contributed by atoms with van der Waals surface area (Å²) in [4.78, 5) is 45.3. The lowest BCUT2D eigenvalue weighted by molar-refractivity contribution is -0.387. The van der Waals surface area contributed by atoms with E-state index in [1.807, 2.05) is 0 Å². The Morgan fingerprint density at radius 3 is 2.77 bits per heavy atom. The third-order valence-electron chi connectivity index (χ3n) is 4.13. The molecule has 156 valence electrons. The molecule has 1 N–H and O–H groups in total. The van der Waals surface area contributed by atoms with Crippen molar-refractivity contribution in [1.82, 2.24) is 4.57 Å². The van der Waals surface area contributed by atoms with E-state index in [0.29, 0.717) is 11.1 Å². The average molecular weight is 417 g/mol. The molecule has 0 atom stereocenters. The van der Waals surface area contributed by atoms with E-state index in [1.54, 1.807) is 24.3 Å². The van der Waals surface area contributed by atoms with Crippen molar-refractivity contribution in [3.8, 4) is 0 Å². The maximum Gasteiger partial charge on any atom is 0.419 e. The topological polar surface area (TPSA) is 134 Å². The van der Waals surface area contributed by atoms with Gasteiger partial charge < -0.3 is 14.5 Å². The average Bonchev–Trinajstić information content (AvgIpc) is 3.03. The highest BCUT2D eigenvalue weighted by Crippen LogP contribution is 2.21. The number of nitro groups is 1. The number of halogens is 1. The normalized spacial score (nSPS) is 10.7. The summed E-state index contributed by atoms with van der Waals surface area (Å²) >= 11 is 0. The zero-order valence-corrected chi connectivity index (χ0v) is 15.5. The molecule has 10 nitrogen and oxygen atoms in total. The molecule has 3 rings (SSSR count). The first kappa shape index (κ1) is 20.7. The second-order valence-corrected chi connectivity index (χ2v) is 6.22. The molecule has 2 aromatic carbocycles. The second-order valence-electron chi connectivity index (χ2n) is 6.22. The van der Waals surface area contributed by atoms with E-state index < -0.39 is 40.7 Å². The highest BCUT2D eigenvalue weighted by Gasteiger charge is 2.16. The predicted molar refractivity (Wildman–Crippen MR) is 102 cm³/mol. The van der Waals surface area contributed by atoms with Crippen LogP contribution < -0.4 is 11.1 Å². The predicted octanol–water partition coefficient (Wildman–Crippen LogP) is 2.60. The third kappa shape index (κ3) is 4.87. The van der Waals surface area contributed by atoms with Crippen molar-refractivity contribution in [2.45, 2.75) is 19.4 Å². The summed E-state index contributed by atoms with van der Waals surface area (Å²) in [6.45, 7) is -0.380. The molecule has 1 amide bonds. The van der Waals surface area contributed by atoms with Crippen LogP contribution in [0.2, 0.25) is 0 Å². The Labute approximate surface area is 168 Å². The molecule has 0 bridgehead atoms. The van der Waals surface area contributed by atoms with Gasteiger partial charge in [0.1, 0.15) is 0 Å². The van der Waals surface area contributed by atoms with Crippen LogP contribution >= 0.6 is 0 Å². The number of nitro benzene ring substituents is 1. The van der Waals surface area contributed by atoms with Crippen molar-refractivity contribution in [3.05, 3.63) is 68.9 Å². The van der Waals surface area contributed by atoms with Gasteiger partial charge in [-0.25, -0.2) is 4.79 Å². The van der Waals surface area contributed by atoms with Gasteiger partial charge >= 0.3 is 17.4 Å². The van der Waals surface area contributed by atoms with E-state index in [2.05, 4.69) is 5.32 Å². The van der Waals surface area contributed by atoms with Crippen LogP contribution in [0.3, 0.4) is 0 Å². The number of para-hydroxylation sites is 2. The minimum atomic E-state index is -1.03. The van der Waals surface area contributed by atoms with E-state index in [-0.39, 0.29) is 25.1 Å². The number of benzene rings is 2. The van der Waals surface area contributed by atoms with E-state index in [0.717, 1.165) is 18.2 Å². The number of rotatable bonds is 8. The smallest absolute Gasteiger partial charge is 0.419 e. The van der Waals surface area contributed by atoms with Crippen LogP contribution in [0, 0.1) is 15.9 Å². The van der Waals surface area contributed by atoms with Gasteiger partial charge in [0, 0.05) is 24.7 Å². The lowest BCUT2D eigenvalue weighted by Gasteiger charge is -2.07. The van der Waals surface area contributed by atoms with Crippen molar-refractivity contribution in [1.29, 1.82) is 0 Å². The Hall–Kier alpha value is -4.02. The van der Waals surface area contributed by atoms with Gasteiger partial charge in [-0.2, -0.15) is 4.39 Å². The Morgan fingerprint density at radius 1 is 1.23 bits per heavy atom. The largest absolute Gasteiger partial charge is 0.456 e. The number of aryl methyl sites for hydroxylation is 1. The summed E-state index contributed by atoms with van der Waals surface area (Å²) in [5.41, 5.74) is 0.272. The van der Waals surface area contributed by atoms with E-state index in [1.165, 1.54) is 4.57 Å². The third-order valence-corrected chi connectivity index (χ3v) is 4.13. The summed E-state index contributed by atoms with van der Waals surface area (Å²) in [6, 6.07) is 9.75. The summed E-state index contributed by atoms with van der Waals surface area (Å²) in [6.07, 6.45) is 0.245. The van der Waals surface area contributed by atoms with Crippen LogP contribution in [-0.4, -0.2) is 28.0 Å². The molecule has 0 fully saturated rings. The number of ether oxygens (including phenoxy) is 1. The zero-order valence-electron chi connectivity index (χ0n) is 15.5. The number of esters is 1. The first-order chi connectivity index (χ1) is 14.3. The van der Waals surface area contributed by atoms with Crippen molar-refractivity contribution < 1.29 is 28.1 Å². The summed E-state index contributed by atoms with van der Waals surface area (Å²) < 4.78 is 24.6. The molecule has 1 aromatic heterocycles. The number of hydrogen-bond acceptors (Lipinski definition) is 7. The lowest BCUT2D eigenvalue weighted by atomic mass is 10.2. The number of nitrogens with one attached hydrogen (secondary N) is 1. The molecule has 0 radical (unpaired) electrons. The standard InChI is InChI=1S/C19H16FN3O7/c20-13-8-7-12(10-15(13)23(27)28)21-17(24)11-29-18(25)6-3-9-22-14-4-1-2-5-16(14)30-19(22)26/h1-2,4-5,7-8,10H,3,6,9,11H2,(H,21,24). The fourth-order valence-corrected chi connectivity index (χ4v) is 2.75. The Kier molecular flexibility index (Phi) is 6.20. The molecule has 1 heterocycles. The number of anilines is 1. The molecule has 3 aromatic rings. The molecule has 0 saturated heterocycles. The van der Waals surface area contributed by atoms with Crippen LogP contribution in [0.5, 0.6) is 0 Å². The Bertz CT molecular complexity index is 1170. The number of hydrogen-bond donors (Lipinski definition) is 1. The minimum absolute atomic E-state index is 0.00430. The molecular formula is C19H16FN3O7. The molecule has 0 saturated carbocycles. The van der Waals surface area contributed by atoms with E-state index in [9.17, 15) is 28.9 Å². The summed E-state index contributed by atoms with van der Waals surface area (Å²) in [5, 5.41) is 13.0. The van der Waals surface area contributed by atoms with Crippen molar-refractivity contribution >= 4 is 34.4 Å². The monoisotopic (exact) mass is 417 g/mol. The molecule has 0 spiro atoms. The van der Waals surface area contributed by atoms with Crippen molar-refractivity contribution in [2.75, 3.05) is 11.9 Å². The van der Waals surface area contributed by atoms with Gasteiger partial charge in [0.25, 0.3) is 5.91 Å². The maximum atomic E-state index is 13.3. The Balaban J connectivity index is 1.46. The van der Waals surface area contributed by atoms with Gasteiger partial charge in [-0.15, -0.1) is 0 Å². The highest BCUT2D eigenvalue weighted by molar-refractivity contribution is 5.93. The van der Waals surface area contributed by atoms with Gasteiger partial charge in [0.05, 0.1) is 10.4 Å². The fourth-order valence-electron chi connectivity index (χ4n) is 2.75. The van der Waals surface area contributed by atoms with Gasteiger partial charge in [0.2, 0.25) is 5.82 Å². The SMILES string of the molecule is O=C(COC(=O)CCCn1c(=O)oc2ccccc21)Nc1ccc(F)c([N+](=O)[O-])c1. The number of nitrogens with zero attached hydrogens (tertiary/aromatic N) is 2.